The van der Waals surface area contributed by atoms with Crippen LogP contribution in [0.2, 0.25) is 0 Å². The Hall–Kier alpha value is -3.67. The second kappa shape index (κ2) is 8.81. The van der Waals surface area contributed by atoms with Gasteiger partial charge in [-0.25, -0.2) is 9.78 Å². The Morgan fingerprint density at radius 3 is 2.57 bits per heavy atom. The zero-order valence-corrected chi connectivity index (χ0v) is 15.7. The SMILES string of the molecule is COC(=O)c1ccccc1NC(=O)c1ccc(NCc2cccc(C)c2)nc1. The van der Waals surface area contributed by atoms with Crippen molar-refractivity contribution in [3.8, 4) is 0 Å². The predicted octanol–water partition coefficient (Wildman–Crippen LogP) is 4.04. The van der Waals surface area contributed by atoms with Crippen LogP contribution in [0.4, 0.5) is 11.5 Å². The Kier molecular flexibility index (Phi) is 6.01. The second-order valence-electron chi connectivity index (χ2n) is 6.27. The van der Waals surface area contributed by atoms with E-state index in [9.17, 15) is 9.59 Å². The van der Waals surface area contributed by atoms with Gasteiger partial charge in [-0.15, -0.1) is 0 Å². The summed E-state index contributed by atoms with van der Waals surface area (Å²) in [6.07, 6.45) is 1.49. The van der Waals surface area contributed by atoms with Gasteiger partial charge in [0.25, 0.3) is 5.91 Å². The van der Waals surface area contributed by atoms with Crippen LogP contribution in [0, 0.1) is 6.92 Å². The molecule has 6 nitrogen and oxygen atoms in total. The van der Waals surface area contributed by atoms with Gasteiger partial charge in [-0.3, -0.25) is 4.79 Å². The van der Waals surface area contributed by atoms with Crippen LogP contribution in [0.15, 0.2) is 66.9 Å². The van der Waals surface area contributed by atoms with Crippen molar-refractivity contribution >= 4 is 23.4 Å². The molecule has 3 rings (SSSR count). The maximum atomic E-state index is 12.5. The number of amides is 1. The van der Waals surface area contributed by atoms with Gasteiger partial charge in [-0.2, -0.15) is 0 Å². The first-order valence-corrected chi connectivity index (χ1v) is 8.81. The fourth-order valence-electron chi connectivity index (χ4n) is 2.72. The number of hydrogen-bond donors (Lipinski definition) is 2. The number of ether oxygens (including phenoxy) is 1. The first kappa shape index (κ1) is 19.1. The lowest BCUT2D eigenvalue weighted by atomic mass is 10.1. The van der Waals surface area contributed by atoms with E-state index >= 15 is 0 Å². The minimum atomic E-state index is -0.510. The molecule has 6 heteroatoms. The largest absolute Gasteiger partial charge is 0.465 e. The van der Waals surface area contributed by atoms with Crippen LogP contribution in [0.25, 0.3) is 0 Å². The molecule has 3 aromatic rings. The molecule has 28 heavy (non-hydrogen) atoms. The Morgan fingerprint density at radius 1 is 1.04 bits per heavy atom. The summed E-state index contributed by atoms with van der Waals surface area (Å²) in [7, 11) is 1.30. The van der Waals surface area contributed by atoms with E-state index < -0.39 is 5.97 Å². The molecule has 0 fully saturated rings. The van der Waals surface area contributed by atoms with Gasteiger partial charge < -0.3 is 15.4 Å². The highest BCUT2D eigenvalue weighted by Gasteiger charge is 2.14. The number of hydrogen-bond acceptors (Lipinski definition) is 5. The Bertz CT molecular complexity index is 984. The average molecular weight is 375 g/mol. The van der Waals surface area contributed by atoms with Crippen LogP contribution in [-0.2, 0) is 11.3 Å². The normalized spacial score (nSPS) is 10.2. The maximum absolute atomic E-state index is 12.5. The number of carbonyl (C=O) groups excluding carboxylic acids is 2. The fourth-order valence-corrected chi connectivity index (χ4v) is 2.72. The molecule has 0 aliphatic heterocycles. The summed E-state index contributed by atoms with van der Waals surface area (Å²) in [6, 6.07) is 18.3. The van der Waals surface area contributed by atoms with E-state index in [1.807, 2.05) is 25.1 Å². The number of methoxy groups -OCH3 is 1. The average Bonchev–Trinajstić information content (AvgIpc) is 2.72. The number of rotatable bonds is 6. The van der Waals surface area contributed by atoms with Crippen molar-refractivity contribution < 1.29 is 14.3 Å². The summed E-state index contributed by atoms with van der Waals surface area (Å²) in [5.41, 5.74) is 3.43. The highest BCUT2D eigenvalue weighted by atomic mass is 16.5. The lowest BCUT2D eigenvalue weighted by Crippen LogP contribution is -2.15. The number of anilines is 2. The Balaban J connectivity index is 1.65. The van der Waals surface area contributed by atoms with E-state index in [0.29, 0.717) is 29.2 Å². The summed E-state index contributed by atoms with van der Waals surface area (Å²) < 4.78 is 4.74. The van der Waals surface area contributed by atoms with E-state index in [-0.39, 0.29) is 5.91 Å². The third kappa shape index (κ3) is 4.73. The van der Waals surface area contributed by atoms with Gasteiger partial charge in [0.05, 0.1) is 23.9 Å². The number of benzene rings is 2. The number of nitrogens with one attached hydrogen (secondary N) is 2. The van der Waals surface area contributed by atoms with Crippen molar-refractivity contribution in [1.82, 2.24) is 4.98 Å². The number of pyridine rings is 1. The standard InChI is InChI=1S/C22H21N3O3/c1-15-6-5-7-16(12-15)13-23-20-11-10-17(14-24-20)21(26)25-19-9-4-3-8-18(19)22(27)28-2/h3-12,14H,13H2,1-2H3,(H,23,24)(H,25,26). The number of esters is 1. The summed E-state index contributed by atoms with van der Waals surface area (Å²) in [4.78, 5) is 28.6. The van der Waals surface area contributed by atoms with E-state index in [1.54, 1.807) is 36.4 Å². The molecule has 0 radical (unpaired) electrons. The minimum Gasteiger partial charge on any atom is -0.465 e. The number of carbonyl (C=O) groups is 2. The molecule has 142 valence electrons. The number of aromatic nitrogens is 1. The highest BCUT2D eigenvalue weighted by molar-refractivity contribution is 6.07. The fraction of sp³-hybridized carbons (Fsp3) is 0.136. The zero-order chi connectivity index (χ0) is 19.9. The van der Waals surface area contributed by atoms with Crippen LogP contribution in [0.3, 0.4) is 0 Å². The third-order valence-electron chi connectivity index (χ3n) is 4.16. The summed E-state index contributed by atoms with van der Waals surface area (Å²) in [5.74, 6) is -0.188. The van der Waals surface area contributed by atoms with Crippen LogP contribution < -0.4 is 10.6 Å². The number of aryl methyl sites for hydroxylation is 1. The molecule has 0 unspecified atom stereocenters. The molecule has 0 saturated heterocycles. The second-order valence-corrected chi connectivity index (χ2v) is 6.27. The van der Waals surface area contributed by atoms with Crippen molar-refractivity contribution in [3.63, 3.8) is 0 Å². The maximum Gasteiger partial charge on any atom is 0.339 e. The molecule has 1 amide bonds. The third-order valence-corrected chi connectivity index (χ3v) is 4.16. The molecule has 0 bridgehead atoms. The van der Waals surface area contributed by atoms with Crippen LogP contribution >= 0.6 is 0 Å². The molecule has 0 aliphatic rings. The lowest BCUT2D eigenvalue weighted by Gasteiger charge is -2.10. The van der Waals surface area contributed by atoms with E-state index in [1.165, 1.54) is 18.9 Å². The molecule has 2 N–H and O–H groups in total. The van der Waals surface area contributed by atoms with Crippen LogP contribution in [0.5, 0.6) is 0 Å². The molecule has 1 heterocycles. The van der Waals surface area contributed by atoms with Crippen molar-refractivity contribution in [2.75, 3.05) is 17.7 Å². The van der Waals surface area contributed by atoms with Gasteiger partial charge in [0.15, 0.2) is 0 Å². The van der Waals surface area contributed by atoms with Crippen molar-refractivity contribution in [2.45, 2.75) is 13.5 Å². The molecule has 0 atom stereocenters. The molecule has 0 saturated carbocycles. The van der Waals surface area contributed by atoms with Crippen molar-refractivity contribution in [3.05, 3.63) is 89.1 Å². The molecule has 2 aromatic carbocycles. The molecular formula is C22H21N3O3. The summed E-state index contributed by atoms with van der Waals surface area (Å²) >= 11 is 0. The molecule has 1 aromatic heterocycles. The van der Waals surface area contributed by atoms with Crippen LogP contribution in [-0.4, -0.2) is 24.0 Å². The first-order chi connectivity index (χ1) is 13.6. The van der Waals surface area contributed by atoms with Gasteiger partial charge >= 0.3 is 5.97 Å². The quantitative estimate of drug-likeness (QED) is 0.636. The topological polar surface area (TPSA) is 80.3 Å². The van der Waals surface area contributed by atoms with Crippen LogP contribution in [0.1, 0.15) is 31.8 Å². The number of nitrogens with zero attached hydrogens (tertiary/aromatic N) is 1. The lowest BCUT2D eigenvalue weighted by molar-refractivity contribution is 0.0602. The smallest absolute Gasteiger partial charge is 0.339 e. The zero-order valence-electron chi connectivity index (χ0n) is 15.7. The van der Waals surface area contributed by atoms with E-state index in [2.05, 4.69) is 21.7 Å². The summed E-state index contributed by atoms with van der Waals surface area (Å²) in [6.45, 7) is 2.69. The highest BCUT2D eigenvalue weighted by Crippen LogP contribution is 2.17. The Morgan fingerprint density at radius 2 is 1.86 bits per heavy atom. The molecule has 0 spiro atoms. The summed E-state index contributed by atoms with van der Waals surface area (Å²) in [5, 5.41) is 5.96. The number of para-hydroxylation sites is 1. The van der Waals surface area contributed by atoms with E-state index in [0.717, 1.165) is 5.56 Å². The monoisotopic (exact) mass is 375 g/mol. The molecule has 0 aliphatic carbocycles. The van der Waals surface area contributed by atoms with E-state index in [4.69, 9.17) is 4.74 Å². The Labute approximate surface area is 163 Å². The van der Waals surface area contributed by atoms with Gasteiger partial charge in [0, 0.05) is 12.7 Å². The van der Waals surface area contributed by atoms with Gasteiger partial charge in [-0.05, 0) is 36.8 Å². The van der Waals surface area contributed by atoms with Crippen molar-refractivity contribution in [2.24, 2.45) is 0 Å². The predicted molar refractivity (Wildman–Crippen MR) is 108 cm³/mol. The van der Waals surface area contributed by atoms with Gasteiger partial charge in [0.1, 0.15) is 5.82 Å². The first-order valence-electron chi connectivity index (χ1n) is 8.81. The van der Waals surface area contributed by atoms with Gasteiger partial charge in [0.2, 0.25) is 0 Å². The minimum absolute atomic E-state index is 0.294. The van der Waals surface area contributed by atoms with Crippen molar-refractivity contribution in [1.29, 1.82) is 0 Å². The van der Waals surface area contributed by atoms with Gasteiger partial charge in [-0.1, -0.05) is 42.0 Å². The molecular weight excluding hydrogens is 354 g/mol.